The van der Waals surface area contributed by atoms with Crippen LogP contribution in [0.15, 0.2) is 18.2 Å². The van der Waals surface area contributed by atoms with Crippen molar-refractivity contribution < 1.29 is 4.74 Å². The van der Waals surface area contributed by atoms with Crippen molar-refractivity contribution >= 4 is 5.82 Å². The highest BCUT2D eigenvalue weighted by Crippen LogP contribution is 2.05. The quantitative estimate of drug-likeness (QED) is 0.700. The smallest absolute Gasteiger partial charge is 0.126 e. The summed E-state index contributed by atoms with van der Waals surface area (Å²) in [6, 6.07) is 5.97. The Balaban J connectivity index is 2.36. The maximum atomic E-state index is 5.50. The van der Waals surface area contributed by atoms with Crippen molar-refractivity contribution in [1.82, 2.24) is 4.98 Å². The van der Waals surface area contributed by atoms with E-state index >= 15 is 0 Å². The van der Waals surface area contributed by atoms with Crippen LogP contribution < -0.4 is 5.32 Å². The summed E-state index contributed by atoms with van der Waals surface area (Å²) in [5.41, 5.74) is 0.990. The molecule has 0 saturated heterocycles. The van der Waals surface area contributed by atoms with E-state index in [1.165, 1.54) is 6.42 Å². The molecule has 0 saturated carbocycles. The highest BCUT2D eigenvalue weighted by atomic mass is 16.5. The van der Waals surface area contributed by atoms with E-state index in [0.29, 0.717) is 6.61 Å². The van der Waals surface area contributed by atoms with Gasteiger partial charge in [-0.3, -0.25) is 0 Å². The molecule has 0 aliphatic rings. The maximum Gasteiger partial charge on any atom is 0.126 e. The Morgan fingerprint density at radius 3 is 2.93 bits per heavy atom. The van der Waals surface area contributed by atoms with Gasteiger partial charge in [0.05, 0.1) is 12.3 Å². The third-order valence-corrected chi connectivity index (χ3v) is 2.06. The molecule has 0 amide bonds. The number of nitrogens with zero attached hydrogens (tertiary/aromatic N) is 1. The second-order valence-electron chi connectivity index (χ2n) is 3.45. The van der Waals surface area contributed by atoms with Gasteiger partial charge in [0.2, 0.25) is 0 Å². The van der Waals surface area contributed by atoms with Gasteiger partial charge in [-0.2, -0.15) is 0 Å². The summed E-state index contributed by atoms with van der Waals surface area (Å²) in [6.07, 6.45) is 2.29. The van der Waals surface area contributed by atoms with E-state index in [1.807, 2.05) is 18.2 Å². The molecule has 1 heterocycles. The first kappa shape index (κ1) is 12.0. The second-order valence-corrected chi connectivity index (χ2v) is 3.45. The normalized spacial score (nSPS) is 10.3. The SMILES string of the molecule is CCCCOCc1cccc(NCC)n1. The average Bonchev–Trinajstić information content (AvgIpc) is 2.26. The summed E-state index contributed by atoms with van der Waals surface area (Å²) in [6.45, 7) is 6.55. The standard InChI is InChI=1S/C12H20N2O/c1-3-5-9-15-10-11-7-6-8-12(14-11)13-4-2/h6-8H,3-5,9-10H2,1-2H3,(H,13,14). The van der Waals surface area contributed by atoms with E-state index in [-0.39, 0.29) is 0 Å². The predicted octanol–water partition coefficient (Wildman–Crippen LogP) is 2.83. The predicted molar refractivity (Wildman–Crippen MR) is 63.0 cm³/mol. The van der Waals surface area contributed by atoms with Crippen LogP contribution in [0.4, 0.5) is 5.82 Å². The lowest BCUT2D eigenvalue weighted by atomic mass is 10.3. The third-order valence-electron chi connectivity index (χ3n) is 2.06. The summed E-state index contributed by atoms with van der Waals surface area (Å²) in [7, 11) is 0. The monoisotopic (exact) mass is 208 g/mol. The Kier molecular flexibility index (Phi) is 5.78. The zero-order chi connectivity index (χ0) is 10.9. The molecule has 3 heteroatoms. The third kappa shape index (κ3) is 4.79. The Bertz CT molecular complexity index is 276. The lowest BCUT2D eigenvalue weighted by Gasteiger charge is -2.06. The topological polar surface area (TPSA) is 34.1 Å². The molecule has 0 spiro atoms. The van der Waals surface area contributed by atoms with Crippen LogP contribution in [0.2, 0.25) is 0 Å². The van der Waals surface area contributed by atoms with Crippen molar-refractivity contribution in [1.29, 1.82) is 0 Å². The van der Waals surface area contributed by atoms with Crippen LogP contribution in [0.25, 0.3) is 0 Å². The Labute approximate surface area is 91.9 Å². The minimum absolute atomic E-state index is 0.610. The van der Waals surface area contributed by atoms with Crippen LogP contribution in [-0.4, -0.2) is 18.1 Å². The molecule has 0 bridgehead atoms. The van der Waals surface area contributed by atoms with E-state index < -0.39 is 0 Å². The number of unbranched alkanes of at least 4 members (excludes halogenated alkanes) is 1. The van der Waals surface area contributed by atoms with E-state index in [9.17, 15) is 0 Å². The number of hydrogen-bond acceptors (Lipinski definition) is 3. The molecular formula is C12H20N2O. The summed E-state index contributed by atoms with van der Waals surface area (Å²) in [5, 5.41) is 3.18. The number of pyridine rings is 1. The van der Waals surface area contributed by atoms with Crippen LogP contribution in [0.1, 0.15) is 32.4 Å². The van der Waals surface area contributed by atoms with Crippen molar-refractivity contribution in [3.05, 3.63) is 23.9 Å². The largest absolute Gasteiger partial charge is 0.375 e. The van der Waals surface area contributed by atoms with Gasteiger partial charge in [-0.25, -0.2) is 4.98 Å². The first-order valence-electron chi connectivity index (χ1n) is 5.64. The molecule has 1 N–H and O–H groups in total. The molecule has 15 heavy (non-hydrogen) atoms. The molecule has 0 unspecified atom stereocenters. The van der Waals surface area contributed by atoms with Crippen LogP contribution in [0.3, 0.4) is 0 Å². The molecule has 0 aliphatic heterocycles. The Hall–Kier alpha value is -1.09. The van der Waals surface area contributed by atoms with Crippen molar-refractivity contribution in [3.63, 3.8) is 0 Å². The summed E-state index contributed by atoms with van der Waals surface area (Å²) in [5.74, 6) is 0.925. The van der Waals surface area contributed by atoms with E-state index in [0.717, 1.165) is 31.1 Å². The second kappa shape index (κ2) is 7.23. The lowest BCUT2D eigenvalue weighted by Crippen LogP contribution is -2.02. The van der Waals surface area contributed by atoms with Gasteiger partial charge in [-0.1, -0.05) is 19.4 Å². The molecule has 0 radical (unpaired) electrons. The first-order chi connectivity index (χ1) is 7.36. The van der Waals surface area contributed by atoms with E-state index in [2.05, 4.69) is 24.1 Å². The molecule has 0 aromatic carbocycles. The highest BCUT2D eigenvalue weighted by Gasteiger charge is 1.96. The van der Waals surface area contributed by atoms with Crippen molar-refractivity contribution in [3.8, 4) is 0 Å². The fourth-order valence-electron chi connectivity index (χ4n) is 1.26. The van der Waals surface area contributed by atoms with Gasteiger partial charge in [0, 0.05) is 13.2 Å². The van der Waals surface area contributed by atoms with Gasteiger partial charge in [0.25, 0.3) is 0 Å². The number of rotatable bonds is 7. The number of anilines is 1. The summed E-state index contributed by atoms with van der Waals surface area (Å²) in [4.78, 5) is 4.42. The molecule has 1 aromatic heterocycles. The van der Waals surface area contributed by atoms with Crippen molar-refractivity contribution in [2.24, 2.45) is 0 Å². The number of aromatic nitrogens is 1. The van der Waals surface area contributed by atoms with E-state index in [1.54, 1.807) is 0 Å². The number of hydrogen-bond donors (Lipinski definition) is 1. The minimum Gasteiger partial charge on any atom is -0.375 e. The molecule has 1 aromatic rings. The Morgan fingerprint density at radius 1 is 1.33 bits per heavy atom. The van der Waals surface area contributed by atoms with Crippen LogP contribution in [-0.2, 0) is 11.3 Å². The fraction of sp³-hybridized carbons (Fsp3) is 0.583. The van der Waals surface area contributed by atoms with E-state index in [4.69, 9.17) is 4.74 Å². The average molecular weight is 208 g/mol. The minimum atomic E-state index is 0.610. The fourth-order valence-corrected chi connectivity index (χ4v) is 1.26. The van der Waals surface area contributed by atoms with Crippen LogP contribution in [0.5, 0.6) is 0 Å². The highest BCUT2D eigenvalue weighted by molar-refractivity contribution is 5.34. The molecule has 0 fully saturated rings. The molecule has 84 valence electrons. The zero-order valence-electron chi connectivity index (χ0n) is 9.62. The van der Waals surface area contributed by atoms with Crippen LogP contribution >= 0.6 is 0 Å². The zero-order valence-corrected chi connectivity index (χ0v) is 9.62. The number of ether oxygens (including phenoxy) is 1. The van der Waals surface area contributed by atoms with Gasteiger partial charge in [-0.05, 0) is 25.5 Å². The maximum absolute atomic E-state index is 5.50. The number of nitrogens with one attached hydrogen (secondary N) is 1. The summed E-state index contributed by atoms with van der Waals surface area (Å²) >= 11 is 0. The van der Waals surface area contributed by atoms with Crippen molar-refractivity contribution in [2.45, 2.75) is 33.3 Å². The van der Waals surface area contributed by atoms with Gasteiger partial charge in [0.1, 0.15) is 5.82 Å². The van der Waals surface area contributed by atoms with Gasteiger partial charge in [-0.15, -0.1) is 0 Å². The lowest BCUT2D eigenvalue weighted by molar-refractivity contribution is 0.115. The van der Waals surface area contributed by atoms with Gasteiger partial charge < -0.3 is 10.1 Å². The molecule has 3 nitrogen and oxygen atoms in total. The molecule has 1 rings (SSSR count). The first-order valence-corrected chi connectivity index (χ1v) is 5.64. The molecular weight excluding hydrogens is 188 g/mol. The molecule has 0 atom stereocenters. The Morgan fingerprint density at radius 2 is 2.20 bits per heavy atom. The van der Waals surface area contributed by atoms with Crippen LogP contribution in [0, 0.1) is 0 Å². The van der Waals surface area contributed by atoms with Gasteiger partial charge >= 0.3 is 0 Å². The summed E-state index contributed by atoms with van der Waals surface area (Å²) < 4.78 is 5.50. The molecule has 0 aliphatic carbocycles. The van der Waals surface area contributed by atoms with Gasteiger partial charge in [0.15, 0.2) is 0 Å². The van der Waals surface area contributed by atoms with Crippen molar-refractivity contribution in [2.75, 3.05) is 18.5 Å².